The van der Waals surface area contributed by atoms with Crippen LogP contribution in [0.1, 0.15) is 61.1 Å². The van der Waals surface area contributed by atoms with E-state index in [0.717, 1.165) is 50.9 Å². The molecule has 166 valence electrons. The normalized spacial score (nSPS) is 22.6. The summed E-state index contributed by atoms with van der Waals surface area (Å²) >= 11 is 1.34. The van der Waals surface area contributed by atoms with Gasteiger partial charge in [0, 0.05) is 35.8 Å². The van der Waals surface area contributed by atoms with Gasteiger partial charge in [-0.3, -0.25) is 4.98 Å². The van der Waals surface area contributed by atoms with E-state index in [1.165, 1.54) is 24.2 Å². The van der Waals surface area contributed by atoms with Crippen molar-refractivity contribution in [2.24, 2.45) is 0 Å². The molecule has 4 rings (SSSR count). The van der Waals surface area contributed by atoms with E-state index in [2.05, 4.69) is 28.1 Å². The van der Waals surface area contributed by atoms with Gasteiger partial charge in [0.25, 0.3) is 0 Å². The fourth-order valence-corrected chi connectivity index (χ4v) is 6.04. The number of nitrogens with one attached hydrogen (secondary N) is 1. The van der Waals surface area contributed by atoms with Crippen LogP contribution in [0.3, 0.4) is 0 Å². The Morgan fingerprint density at radius 1 is 1.29 bits per heavy atom. The first-order chi connectivity index (χ1) is 15.1. The molecule has 3 heterocycles. The second-order valence-electron chi connectivity index (χ2n) is 8.51. The van der Waals surface area contributed by atoms with Gasteiger partial charge in [-0.25, -0.2) is 0 Å². The molecular weight excluding hydrogens is 418 g/mol. The Bertz CT molecular complexity index is 906. The summed E-state index contributed by atoms with van der Waals surface area (Å²) in [6, 6.07) is 6.13. The molecule has 2 aromatic heterocycles. The van der Waals surface area contributed by atoms with Gasteiger partial charge in [0.2, 0.25) is 0 Å². The van der Waals surface area contributed by atoms with Crippen molar-refractivity contribution in [1.29, 1.82) is 0 Å². The lowest BCUT2D eigenvalue weighted by atomic mass is 9.68. The fraction of sp³-hybridized carbons (Fsp3) is 0.542. The number of rotatable bonds is 8. The molecule has 1 unspecified atom stereocenters. The Morgan fingerprint density at radius 3 is 2.84 bits per heavy atom. The Labute approximate surface area is 186 Å². The topological polar surface area (TPSA) is 43.4 Å². The molecule has 1 aliphatic carbocycles. The summed E-state index contributed by atoms with van der Waals surface area (Å²) in [4.78, 5) is 5.41. The van der Waals surface area contributed by atoms with Crippen LogP contribution in [0.5, 0.6) is 5.75 Å². The van der Waals surface area contributed by atoms with Crippen LogP contribution in [0.4, 0.5) is 8.78 Å². The zero-order valence-electron chi connectivity index (χ0n) is 17.5. The number of ether oxygens (including phenoxy) is 2. The molecule has 2 aromatic rings. The van der Waals surface area contributed by atoms with Crippen LogP contribution in [-0.2, 0) is 16.7 Å². The van der Waals surface area contributed by atoms with Gasteiger partial charge in [0.15, 0.2) is 5.75 Å². The smallest absolute Gasteiger partial charge is 0.387 e. The molecule has 1 N–H and O–H groups in total. The molecule has 31 heavy (non-hydrogen) atoms. The maximum absolute atomic E-state index is 12.8. The van der Waals surface area contributed by atoms with E-state index in [-0.39, 0.29) is 16.8 Å². The van der Waals surface area contributed by atoms with Crippen molar-refractivity contribution in [3.05, 3.63) is 45.9 Å². The van der Waals surface area contributed by atoms with E-state index in [1.807, 2.05) is 12.3 Å². The highest BCUT2D eigenvalue weighted by Gasteiger charge is 2.48. The lowest BCUT2D eigenvalue weighted by molar-refractivity contribution is -0.104. The van der Waals surface area contributed by atoms with Crippen LogP contribution in [0, 0.1) is 12.3 Å². The molecule has 7 heteroatoms. The number of aromatic nitrogens is 1. The van der Waals surface area contributed by atoms with Crippen molar-refractivity contribution < 1.29 is 18.3 Å². The van der Waals surface area contributed by atoms with Gasteiger partial charge < -0.3 is 14.8 Å². The largest absolute Gasteiger partial charge is 0.432 e. The third-order valence-electron chi connectivity index (χ3n) is 6.62. The minimum Gasteiger partial charge on any atom is -0.432 e. The number of thiophene rings is 1. The zero-order valence-corrected chi connectivity index (χ0v) is 18.4. The SMILES string of the molecule is C#Cc1csc(CNCCC2(c3ccccn3)CCOC3(CCCC3)C2)c1OC(F)F. The van der Waals surface area contributed by atoms with Crippen LogP contribution in [0.2, 0.25) is 0 Å². The van der Waals surface area contributed by atoms with Crippen LogP contribution in [0.25, 0.3) is 0 Å². The van der Waals surface area contributed by atoms with Gasteiger partial charge >= 0.3 is 6.61 Å². The monoisotopic (exact) mass is 446 g/mol. The lowest BCUT2D eigenvalue weighted by Crippen LogP contribution is -2.47. The van der Waals surface area contributed by atoms with Gasteiger partial charge in [0.1, 0.15) is 0 Å². The highest BCUT2D eigenvalue weighted by molar-refractivity contribution is 7.10. The summed E-state index contributed by atoms with van der Waals surface area (Å²) in [6.07, 6.45) is 14.8. The van der Waals surface area contributed by atoms with E-state index < -0.39 is 6.61 Å². The molecule has 2 aliphatic rings. The summed E-state index contributed by atoms with van der Waals surface area (Å²) in [5, 5.41) is 5.11. The van der Waals surface area contributed by atoms with Crippen molar-refractivity contribution in [2.45, 2.75) is 69.1 Å². The summed E-state index contributed by atoms with van der Waals surface area (Å²) in [5.41, 5.74) is 1.43. The molecule has 4 nitrogen and oxygen atoms in total. The molecule has 1 aliphatic heterocycles. The third-order valence-corrected chi connectivity index (χ3v) is 7.59. The number of alkyl halides is 2. The number of hydrogen-bond donors (Lipinski definition) is 1. The van der Waals surface area contributed by atoms with E-state index in [0.29, 0.717) is 17.0 Å². The number of pyridine rings is 1. The summed E-state index contributed by atoms with van der Waals surface area (Å²) < 4.78 is 36.5. The Kier molecular flexibility index (Phi) is 6.90. The maximum atomic E-state index is 12.8. The number of hydrogen-bond acceptors (Lipinski definition) is 5. The van der Waals surface area contributed by atoms with E-state index >= 15 is 0 Å². The van der Waals surface area contributed by atoms with Gasteiger partial charge in [-0.15, -0.1) is 17.8 Å². The molecule has 0 radical (unpaired) electrons. The molecule has 0 amide bonds. The first-order valence-corrected chi connectivity index (χ1v) is 11.7. The van der Waals surface area contributed by atoms with Gasteiger partial charge in [-0.05, 0) is 50.8 Å². The summed E-state index contributed by atoms with van der Waals surface area (Å²) in [5.74, 6) is 2.54. The maximum Gasteiger partial charge on any atom is 0.387 e. The van der Waals surface area contributed by atoms with Crippen molar-refractivity contribution in [3.8, 4) is 18.1 Å². The van der Waals surface area contributed by atoms with Crippen LogP contribution >= 0.6 is 11.3 Å². The Hall–Kier alpha value is -2.01. The molecule has 1 saturated heterocycles. The van der Waals surface area contributed by atoms with Crippen LogP contribution in [0.15, 0.2) is 29.8 Å². The van der Waals surface area contributed by atoms with Crippen molar-refractivity contribution >= 4 is 11.3 Å². The number of terminal acetylenes is 1. The molecule has 1 spiro atoms. The van der Waals surface area contributed by atoms with Crippen LogP contribution < -0.4 is 10.1 Å². The first kappa shape index (κ1) is 22.2. The third kappa shape index (κ3) is 4.92. The van der Waals surface area contributed by atoms with E-state index in [1.54, 1.807) is 5.38 Å². The Morgan fingerprint density at radius 2 is 2.13 bits per heavy atom. The average Bonchev–Trinajstić information content (AvgIpc) is 3.38. The molecule has 0 bridgehead atoms. The van der Waals surface area contributed by atoms with E-state index in [4.69, 9.17) is 16.1 Å². The molecule has 1 atom stereocenters. The first-order valence-electron chi connectivity index (χ1n) is 10.8. The lowest BCUT2D eigenvalue weighted by Gasteiger charge is -2.46. The second-order valence-corrected chi connectivity index (χ2v) is 9.48. The minimum absolute atomic E-state index is 0.0243. The highest BCUT2D eigenvalue weighted by atomic mass is 32.1. The van der Waals surface area contributed by atoms with Crippen molar-refractivity contribution in [2.75, 3.05) is 13.2 Å². The zero-order chi connectivity index (χ0) is 21.7. The predicted octanol–water partition coefficient (Wildman–Crippen LogP) is 5.27. The fourth-order valence-electron chi connectivity index (χ4n) is 5.15. The highest BCUT2D eigenvalue weighted by Crippen LogP contribution is 2.49. The number of nitrogens with zero attached hydrogens (tertiary/aromatic N) is 1. The predicted molar refractivity (Wildman–Crippen MR) is 118 cm³/mol. The molecular formula is C24H28F2N2O2S. The summed E-state index contributed by atoms with van der Waals surface area (Å²) in [7, 11) is 0. The molecule has 2 fully saturated rings. The average molecular weight is 447 g/mol. The van der Waals surface area contributed by atoms with Gasteiger partial charge in [0.05, 0.1) is 16.0 Å². The number of halogens is 2. The standard InChI is InChI=1S/C24H28F2N2O2S/c1-2-18-16-31-19(21(18)30-22(25)26)15-27-13-10-23(20-7-3-6-12-28-20)11-14-29-24(17-23)8-4-5-9-24/h1,3,6-7,12,16,22,27H,4-5,8-11,13-15,17H2. The van der Waals surface area contributed by atoms with Crippen molar-refractivity contribution in [3.63, 3.8) is 0 Å². The quantitative estimate of drug-likeness (QED) is 0.443. The van der Waals surface area contributed by atoms with Gasteiger partial charge in [-0.2, -0.15) is 8.78 Å². The summed E-state index contributed by atoms with van der Waals surface area (Å²) in [6.45, 7) is -0.963. The second kappa shape index (κ2) is 9.64. The van der Waals surface area contributed by atoms with Crippen molar-refractivity contribution in [1.82, 2.24) is 10.3 Å². The van der Waals surface area contributed by atoms with E-state index in [9.17, 15) is 8.78 Å². The molecule has 1 saturated carbocycles. The minimum atomic E-state index is -2.89. The van der Waals surface area contributed by atoms with Crippen LogP contribution in [-0.4, -0.2) is 30.3 Å². The molecule has 0 aromatic carbocycles. The Balaban J connectivity index is 1.45. The van der Waals surface area contributed by atoms with Gasteiger partial charge in [-0.1, -0.05) is 24.8 Å².